The molecule has 0 saturated carbocycles. The lowest BCUT2D eigenvalue weighted by atomic mass is 10.3. The van der Waals surface area contributed by atoms with Crippen molar-refractivity contribution in [2.24, 2.45) is 5.73 Å². The van der Waals surface area contributed by atoms with Crippen LogP contribution in [-0.2, 0) is 6.54 Å². The zero-order valence-corrected chi connectivity index (χ0v) is 7.30. The molecule has 0 saturated heterocycles. The van der Waals surface area contributed by atoms with E-state index in [1.54, 1.807) is 6.07 Å². The number of hydrogen-bond donors (Lipinski definition) is 1. The zero-order chi connectivity index (χ0) is 7.56. The van der Waals surface area contributed by atoms with E-state index in [-0.39, 0.29) is 6.54 Å². The summed E-state index contributed by atoms with van der Waals surface area (Å²) in [5, 5.41) is 0. The first-order chi connectivity index (χ1) is 4.74. The van der Waals surface area contributed by atoms with Gasteiger partial charge in [0, 0.05) is 21.9 Å². The van der Waals surface area contributed by atoms with Gasteiger partial charge in [-0.25, -0.2) is 4.98 Å². The molecule has 0 radical (unpaired) electrons. The zero-order valence-electron chi connectivity index (χ0n) is 5.14. The van der Waals surface area contributed by atoms with Crippen LogP contribution in [0.4, 0.5) is 4.39 Å². The van der Waals surface area contributed by atoms with Gasteiger partial charge in [0.1, 0.15) is 0 Å². The van der Waals surface area contributed by atoms with Gasteiger partial charge in [0.15, 0.2) is 0 Å². The van der Waals surface area contributed by atoms with Crippen LogP contribution in [0.5, 0.6) is 0 Å². The number of nitrogens with two attached hydrogens (primary N) is 1. The summed E-state index contributed by atoms with van der Waals surface area (Å²) >= 11 is 2.06. The highest BCUT2D eigenvalue weighted by Crippen LogP contribution is 2.08. The first-order valence-corrected chi connectivity index (χ1v) is 3.82. The van der Waals surface area contributed by atoms with Crippen LogP contribution < -0.4 is 5.73 Å². The molecule has 0 fully saturated rings. The van der Waals surface area contributed by atoms with E-state index in [0.29, 0.717) is 5.56 Å². The summed E-state index contributed by atoms with van der Waals surface area (Å²) in [5.41, 5.74) is 5.70. The maximum absolute atomic E-state index is 12.6. The van der Waals surface area contributed by atoms with Gasteiger partial charge in [0.05, 0.1) is 0 Å². The third-order valence-corrected chi connectivity index (χ3v) is 1.69. The molecule has 0 aliphatic rings. The van der Waals surface area contributed by atoms with E-state index in [9.17, 15) is 4.39 Å². The highest BCUT2D eigenvalue weighted by Gasteiger charge is 2.00. The average molecular weight is 252 g/mol. The van der Waals surface area contributed by atoms with E-state index in [1.165, 1.54) is 6.20 Å². The lowest BCUT2D eigenvalue weighted by Gasteiger charge is -1.97. The minimum Gasteiger partial charge on any atom is -0.326 e. The van der Waals surface area contributed by atoms with Crippen LogP contribution in [0.25, 0.3) is 0 Å². The molecule has 1 heterocycles. The monoisotopic (exact) mass is 252 g/mol. The molecule has 1 rings (SSSR count). The number of hydrogen-bond acceptors (Lipinski definition) is 2. The van der Waals surface area contributed by atoms with Crippen molar-refractivity contribution >= 4 is 22.6 Å². The lowest BCUT2D eigenvalue weighted by molar-refractivity contribution is 0.566. The van der Waals surface area contributed by atoms with Gasteiger partial charge in [-0.2, -0.15) is 4.39 Å². The molecule has 0 aromatic carbocycles. The van der Waals surface area contributed by atoms with E-state index in [1.807, 2.05) is 0 Å². The van der Waals surface area contributed by atoms with Gasteiger partial charge in [-0.1, -0.05) is 0 Å². The standard InChI is InChI=1S/C6H6FIN2/c7-6-4(2-9)1-5(8)3-10-6/h1,3H,2,9H2. The number of halogens is 2. The minimum absolute atomic E-state index is 0.204. The van der Waals surface area contributed by atoms with E-state index in [4.69, 9.17) is 5.73 Å². The Labute approximate surface area is 71.8 Å². The maximum atomic E-state index is 12.6. The molecular formula is C6H6FIN2. The molecule has 4 heteroatoms. The Hall–Kier alpha value is -0.230. The SMILES string of the molecule is NCc1cc(I)cnc1F. The predicted octanol–water partition coefficient (Wildman–Crippen LogP) is 1.28. The smallest absolute Gasteiger partial charge is 0.217 e. The fourth-order valence-electron chi connectivity index (χ4n) is 0.608. The largest absolute Gasteiger partial charge is 0.326 e. The summed E-state index contributed by atoms with van der Waals surface area (Å²) in [6.45, 7) is 0.204. The Morgan fingerprint density at radius 1 is 1.70 bits per heavy atom. The lowest BCUT2D eigenvalue weighted by Crippen LogP contribution is -2.01. The van der Waals surface area contributed by atoms with Crippen LogP contribution in [0.1, 0.15) is 5.56 Å². The summed E-state index contributed by atoms with van der Waals surface area (Å²) in [6.07, 6.45) is 1.47. The van der Waals surface area contributed by atoms with E-state index in [2.05, 4.69) is 27.6 Å². The molecule has 10 heavy (non-hydrogen) atoms. The van der Waals surface area contributed by atoms with E-state index in [0.717, 1.165) is 3.57 Å². The van der Waals surface area contributed by atoms with Gasteiger partial charge in [-0.05, 0) is 28.7 Å². The molecule has 0 amide bonds. The van der Waals surface area contributed by atoms with Gasteiger partial charge in [0.2, 0.25) is 5.95 Å². The van der Waals surface area contributed by atoms with E-state index < -0.39 is 5.95 Å². The Morgan fingerprint density at radius 2 is 2.40 bits per heavy atom. The molecule has 2 N–H and O–H groups in total. The molecule has 54 valence electrons. The quantitative estimate of drug-likeness (QED) is 0.604. The molecule has 0 spiro atoms. The molecule has 0 unspecified atom stereocenters. The van der Waals surface area contributed by atoms with Crippen LogP contribution in [0, 0.1) is 9.52 Å². The van der Waals surface area contributed by atoms with Crippen molar-refractivity contribution < 1.29 is 4.39 Å². The van der Waals surface area contributed by atoms with Crippen molar-refractivity contribution in [3.8, 4) is 0 Å². The normalized spacial score (nSPS) is 9.90. The molecule has 0 aliphatic carbocycles. The number of pyridine rings is 1. The first-order valence-electron chi connectivity index (χ1n) is 2.74. The predicted molar refractivity (Wildman–Crippen MR) is 44.8 cm³/mol. The highest BCUT2D eigenvalue weighted by atomic mass is 127. The van der Waals surface area contributed by atoms with E-state index >= 15 is 0 Å². The number of nitrogens with zero attached hydrogens (tertiary/aromatic N) is 1. The van der Waals surface area contributed by atoms with Crippen molar-refractivity contribution in [1.82, 2.24) is 4.98 Å². The molecule has 2 nitrogen and oxygen atoms in total. The Kier molecular flexibility index (Phi) is 2.56. The molecule has 1 aromatic rings. The molecular weight excluding hydrogens is 246 g/mol. The maximum Gasteiger partial charge on any atom is 0.217 e. The molecule has 1 aromatic heterocycles. The second kappa shape index (κ2) is 3.25. The summed E-state index contributed by atoms with van der Waals surface area (Å²) < 4.78 is 13.5. The third-order valence-electron chi connectivity index (χ3n) is 1.10. The van der Waals surface area contributed by atoms with Crippen LogP contribution in [0.15, 0.2) is 12.3 Å². The average Bonchev–Trinajstić information content (AvgIpc) is 1.94. The van der Waals surface area contributed by atoms with Crippen molar-refractivity contribution in [3.63, 3.8) is 0 Å². The summed E-state index contributed by atoms with van der Waals surface area (Å²) in [7, 11) is 0. The van der Waals surface area contributed by atoms with Gasteiger partial charge in [0.25, 0.3) is 0 Å². The molecule has 0 aliphatic heterocycles. The van der Waals surface area contributed by atoms with Crippen LogP contribution in [-0.4, -0.2) is 4.98 Å². The Balaban J connectivity index is 3.09. The van der Waals surface area contributed by atoms with Gasteiger partial charge in [-0.3, -0.25) is 0 Å². The van der Waals surface area contributed by atoms with Crippen LogP contribution in [0.2, 0.25) is 0 Å². The number of aromatic nitrogens is 1. The van der Waals surface area contributed by atoms with Crippen molar-refractivity contribution in [3.05, 3.63) is 27.3 Å². The molecule has 0 atom stereocenters. The topological polar surface area (TPSA) is 38.9 Å². The molecule has 0 bridgehead atoms. The second-order valence-electron chi connectivity index (χ2n) is 1.81. The summed E-state index contributed by atoms with van der Waals surface area (Å²) in [6, 6.07) is 1.68. The first kappa shape index (κ1) is 7.87. The summed E-state index contributed by atoms with van der Waals surface area (Å²) in [4.78, 5) is 3.50. The van der Waals surface area contributed by atoms with Gasteiger partial charge >= 0.3 is 0 Å². The van der Waals surface area contributed by atoms with Gasteiger partial charge < -0.3 is 5.73 Å². The second-order valence-corrected chi connectivity index (χ2v) is 3.05. The number of rotatable bonds is 1. The fourth-order valence-corrected chi connectivity index (χ4v) is 1.12. The van der Waals surface area contributed by atoms with Crippen LogP contribution >= 0.6 is 22.6 Å². The highest BCUT2D eigenvalue weighted by molar-refractivity contribution is 14.1. The van der Waals surface area contributed by atoms with Crippen molar-refractivity contribution in [1.29, 1.82) is 0 Å². The summed E-state index contributed by atoms with van der Waals surface area (Å²) in [5.74, 6) is -0.470. The van der Waals surface area contributed by atoms with Crippen LogP contribution in [0.3, 0.4) is 0 Å². The fraction of sp³-hybridized carbons (Fsp3) is 0.167. The van der Waals surface area contributed by atoms with Gasteiger partial charge in [-0.15, -0.1) is 0 Å². The van der Waals surface area contributed by atoms with Crippen molar-refractivity contribution in [2.75, 3.05) is 0 Å². The van der Waals surface area contributed by atoms with Crippen molar-refractivity contribution in [2.45, 2.75) is 6.54 Å². The Morgan fingerprint density at radius 3 is 2.90 bits per heavy atom. The minimum atomic E-state index is -0.470. The Bertz CT molecular complexity index is 239. The third kappa shape index (κ3) is 1.63.